The lowest BCUT2D eigenvalue weighted by Crippen LogP contribution is -2.38. The van der Waals surface area contributed by atoms with Crippen LogP contribution in [0.15, 0.2) is 52.1 Å². The van der Waals surface area contributed by atoms with Gasteiger partial charge in [0, 0.05) is 24.1 Å². The maximum absolute atomic E-state index is 12.6. The highest BCUT2D eigenvalue weighted by molar-refractivity contribution is 6.02. The minimum atomic E-state index is -0.451. The van der Waals surface area contributed by atoms with E-state index < -0.39 is 11.9 Å². The molecule has 196 valence electrons. The number of amides is 2. The van der Waals surface area contributed by atoms with Crippen molar-refractivity contribution in [2.75, 3.05) is 25.3 Å². The molecule has 3 heterocycles. The standard InChI is InChI=1S/C26H25N5O7/c1-2-3-12-35-26(34)16-4-7-18(8-5-16)27-22(32)14-31-23(33)11-9-19(29-31)25-28-24(30-38-25)17-6-10-20-21(13-17)37-15-36-20/h4-8,10,13H,2-3,9,11-12,14-15H2,1H3,(H,27,32). The van der Waals surface area contributed by atoms with E-state index >= 15 is 0 Å². The molecule has 0 fully saturated rings. The number of benzene rings is 2. The van der Waals surface area contributed by atoms with Crippen LogP contribution in [0, 0.1) is 0 Å². The molecule has 0 bridgehead atoms. The Balaban J connectivity index is 1.21. The normalized spacial score (nSPS) is 14.3. The Kier molecular flexibility index (Phi) is 7.29. The van der Waals surface area contributed by atoms with E-state index in [9.17, 15) is 14.4 Å². The summed E-state index contributed by atoms with van der Waals surface area (Å²) in [4.78, 5) is 41.5. The number of hydrogen-bond donors (Lipinski definition) is 1. The number of esters is 1. The van der Waals surface area contributed by atoms with Crippen LogP contribution in [-0.2, 0) is 14.3 Å². The predicted molar refractivity (Wildman–Crippen MR) is 134 cm³/mol. The minimum Gasteiger partial charge on any atom is -0.462 e. The summed E-state index contributed by atoms with van der Waals surface area (Å²) in [5.41, 5.74) is 1.94. The summed E-state index contributed by atoms with van der Waals surface area (Å²) >= 11 is 0. The van der Waals surface area contributed by atoms with Crippen LogP contribution in [0.25, 0.3) is 11.4 Å². The zero-order valence-electron chi connectivity index (χ0n) is 20.6. The van der Waals surface area contributed by atoms with Gasteiger partial charge in [-0.3, -0.25) is 9.59 Å². The van der Waals surface area contributed by atoms with Crippen molar-refractivity contribution in [3.8, 4) is 22.9 Å². The van der Waals surface area contributed by atoms with Crippen molar-refractivity contribution in [2.45, 2.75) is 32.6 Å². The van der Waals surface area contributed by atoms with Gasteiger partial charge in [-0.25, -0.2) is 9.80 Å². The molecule has 3 aromatic rings. The van der Waals surface area contributed by atoms with E-state index in [0.717, 1.165) is 17.9 Å². The lowest BCUT2D eigenvalue weighted by Gasteiger charge is -2.21. The summed E-state index contributed by atoms with van der Waals surface area (Å²) in [6.45, 7) is 2.23. The van der Waals surface area contributed by atoms with Crippen LogP contribution in [0.5, 0.6) is 11.5 Å². The molecule has 12 nitrogen and oxygen atoms in total. The molecule has 0 atom stereocenters. The third-order valence-corrected chi connectivity index (χ3v) is 5.84. The summed E-state index contributed by atoms with van der Waals surface area (Å²) in [6, 6.07) is 11.6. The van der Waals surface area contributed by atoms with Crippen LogP contribution in [0.1, 0.15) is 48.9 Å². The van der Waals surface area contributed by atoms with Gasteiger partial charge in [-0.1, -0.05) is 18.5 Å². The van der Waals surface area contributed by atoms with Gasteiger partial charge in [0.25, 0.3) is 5.89 Å². The average molecular weight is 520 g/mol. The highest BCUT2D eigenvalue weighted by atomic mass is 16.7. The first-order chi connectivity index (χ1) is 18.5. The zero-order valence-corrected chi connectivity index (χ0v) is 20.6. The Bertz CT molecular complexity index is 1380. The fourth-order valence-corrected chi connectivity index (χ4v) is 3.79. The third-order valence-electron chi connectivity index (χ3n) is 5.84. The van der Waals surface area contributed by atoms with Crippen LogP contribution in [0.2, 0.25) is 0 Å². The SMILES string of the molecule is CCCCOC(=O)c1ccc(NC(=O)CN2N=C(c3nc(-c4ccc5c(c4)OCO5)no3)CCC2=O)cc1. The molecule has 0 unspecified atom stereocenters. The van der Waals surface area contributed by atoms with Gasteiger partial charge in [0.05, 0.1) is 12.2 Å². The molecule has 0 spiro atoms. The highest BCUT2D eigenvalue weighted by Gasteiger charge is 2.27. The Hall–Kier alpha value is -4.74. The van der Waals surface area contributed by atoms with E-state index in [-0.39, 0.29) is 31.6 Å². The monoisotopic (exact) mass is 519 g/mol. The van der Waals surface area contributed by atoms with E-state index in [0.29, 0.717) is 52.9 Å². The zero-order chi connectivity index (χ0) is 26.5. The Morgan fingerprint density at radius 2 is 1.89 bits per heavy atom. The first kappa shape index (κ1) is 24.9. The van der Waals surface area contributed by atoms with E-state index in [1.807, 2.05) is 6.92 Å². The Morgan fingerprint density at radius 3 is 2.71 bits per heavy atom. The van der Waals surface area contributed by atoms with Crippen molar-refractivity contribution in [3.05, 3.63) is 53.9 Å². The van der Waals surface area contributed by atoms with Crippen molar-refractivity contribution in [1.82, 2.24) is 15.1 Å². The van der Waals surface area contributed by atoms with Gasteiger partial charge in [0.1, 0.15) is 12.3 Å². The smallest absolute Gasteiger partial charge is 0.338 e. The lowest BCUT2D eigenvalue weighted by molar-refractivity contribution is -0.135. The Morgan fingerprint density at radius 1 is 1.08 bits per heavy atom. The van der Waals surface area contributed by atoms with Gasteiger partial charge in [0.2, 0.25) is 24.4 Å². The molecule has 0 saturated heterocycles. The number of ether oxygens (including phenoxy) is 3. The molecule has 5 rings (SSSR count). The second-order valence-corrected chi connectivity index (χ2v) is 8.60. The summed E-state index contributed by atoms with van der Waals surface area (Å²) < 4.78 is 21.3. The Labute approximate surface area is 217 Å². The summed E-state index contributed by atoms with van der Waals surface area (Å²) in [5.74, 6) is 0.560. The van der Waals surface area contributed by atoms with Gasteiger partial charge in [0.15, 0.2) is 11.5 Å². The first-order valence-corrected chi connectivity index (χ1v) is 12.2. The van der Waals surface area contributed by atoms with Crippen molar-refractivity contribution < 1.29 is 33.1 Å². The molecule has 2 aliphatic rings. The molecule has 0 radical (unpaired) electrons. The fourth-order valence-electron chi connectivity index (χ4n) is 3.79. The number of nitrogens with zero attached hydrogens (tertiary/aromatic N) is 4. The molecule has 1 aromatic heterocycles. The van der Waals surface area contributed by atoms with Gasteiger partial charge in [-0.2, -0.15) is 10.1 Å². The van der Waals surface area contributed by atoms with Crippen molar-refractivity contribution >= 4 is 29.2 Å². The van der Waals surface area contributed by atoms with E-state index in [1.54, 1.807) is 42.5 Å². The quantitative estimate of drug-likeness (QED) is 0.332. The maximum atomic E-state index is 12.6. The number of hydrazone groups is 1. The summed E-state index contributed by atoms with van der Waals surface area (Å²) in [6.07, 6.45) is 2.17. The average Bonchev–Trinajstić information content (AvgIpc) is 3.60. The van der Waals surface area contributed by atoms with Gasteiger partial charge in [-0.05, 0) is 48.9 Å². The number of carbonyl (C=O) groups is 3. The van der Waals surface area contributed by atoms with Crippen molar-refractivity contribution in [1.29, 1.82) is 0 Å². The number of unbranched alkanes of at least 4 members (excludes halogenated alkanes) is 1. The second-order valence-electron chi connectivity index (χ2n) is 8.60. The summed E-state index contributed by atoms with van der Waals surface area (Å²) in [7, 11) is 0. The number of nitrogens with one attached hydrogen (secondary N) is 1. The molecule has 0 aliphatic carbocycles. The molecule has 0 saturated carbocycles. The van der Waals surface area contributed by atoms with Gasteiger partial charge < -0.3 is 24.1 Å². The number of carbonyl (C=O) groups excluding carboxylic acids is 3. The fraction of sp³-hybridized carbons (Fsp3) is 0.308. The number of rotatable bonds is 9. The third kappa shape index (κ3) is 5.64. The minimum absolute atomic E-state index is 0.142. The largest absolute Gasteiger partial charge is 0.462 e. The van der Waals surface area contributed by atoms with Crippen LogP contribution in [-0.4, -0.2) is 58.6 Å². The molecular formula is C26H25N5O7. The second kappa shape index (κ2) is 11.1. The predicted octanol–water partition coefficient (Wildman–Crippen LogP) is 3.39. The van der Waals surface area contributed by atoms with Gasteiger partial charge >= 0.3 is 5.97 Å². The van der Waals surface area contributed by atoms with Gasteiger partial charge in [-0.15, -0.1) is 0 Å². The molecule has 2 aromatic carbocycles. The van der Waals surface area contributed by atoms with Crippen molar-refractivity contribution in [3.63, 3.8) is 0 Å². The number of hydrogen-bond acceptors (Lipinski definition) is 10. The topological polar surface area (TPSA) is 145 Å². The van der Waals surface area contributed by atoms with Crippen LogP contribution in [0.4, 0.5) is 5.69 Å². The molecule has 2 aliphatic heterocycles. The summed E-state index contributed by atoms with van der Waals surface area (Å²) in [5, 5.41) is 12.1. The first-order valence-electron chi connectivity index (χ1n) is 12.2. The number of anilines is 1. The van der Waals surface area contributed by atoms with E-state index in [1.165, 1.54) is 0 Å². The van der Waals surface area contributed by atoms with E-state index in [2.05, 4.69) is 20.6 Å². The van der Waals surface area contributed by atoms with Crippen LogP contribution >= 0.6 is 0 Å². The van der Waals surface area contributed by atoms with E-state index in [4.69, 9.17) is 18.7 Å². The van der Waals surface area contributed by atoms with Crippen LogP contribution in [0.3, 0.4) is 0 Å². The number of fused-ring (bicyclic) bond motifs is 1. The van der Waals surface area contributed by atoms with Crippen LogP contribution < -0.4 is 14.8 Å². The lowest BCUT2D eigenvalue weighted by atomic mass is 10.1. The van der Waals surface area contributed by atoms with Crippen molar-refractivity contribution in [2.24, 2.45) is 5.10 Å². The highest BCUT2D eigenvalue weighted by Crippen LogP contribution is 2.35. The molecule has 38 heavy (non-hydrogen) atoms. The molecule has 12 heteroatoms. The maximum Gasteiger partial charge on any atom is 0.338 e. The number of aromatic nitrogens is 2. The molecule has 1 N–H and O–H groups in total. The molecular weight excluding hydrogens is 494 g/mol. The molecule has 2 amide bonds.